The van der Waals surface area contributed by atoms with Crippen molar-refractivity contribution in [2.45, 2.75) is 0 Å². The molecule has 0 bridgehead atoms. The molecule has 0 radical (unpaired) electrons. The third-order valence-electron chi connectivity index (χ3n) is 5.99. The van der Waals surface area contributed by atoms with Crippen LogP contribution in [0.25, 0.3) is 54.5 Å². The van der Waals surface area contributed by atoms with Gasteiger partial charge in [-0.25, -0.2) is 0 Å². The van der Waals surface area contributed by atoms with E-state index < -0.39 is 0 Å². The van der Waals surface area contributed by atoms with Gasteiger partial charge in [0.05, 0.1) is 5.52 Å². The smallest absolute Gasteiger partial charge is 0.0568 e. The highest BCUT2D eigenvalue weighted by atomic mass is 14.9. The minimum atomic E-state index is 1.28. The molecule has 0 amide bonds. The summed E-state index contributed by atoms with van der Waals surface area (Å²) in [5, 5.41) is 7.82. The van der Waals surface area contributed by atoms with Gasteiger partial charge in [0.1, 0.15) is 0 Å². The van der Waals surface area contributed by atoms with E-state index in [0.29, 0.717) is 0 Å². The second-order valence-electron chi connectivity index (χ2n) is 7.47. The zero-order chi connectivity index (χ0) is 18.7. The topological polar surface area (TPSA) is 4.93 Å². The summed E-state index contributed by atoms with van der Waals surface area (Å²) in [6.45, 7) is 0. The predicted molar refractivity (Wildman–Crippen MR) is 121 cm³/mol. The Kier molecular flexibility index (Phi) is 3.15. The van der Waals surface area contributed by atoms with Gasteiger partial charge in [-0.15, -0.1) is 0 Å². The number of hydrogen-bond acceptors (Lipinski definition) is 0. The molecule has 6 aromatic rings. The lowest BCUT2D eigenvalue weighted by molar-refractivity contribution is 1.02. The van der Waals surface area contributed by atoms with E-state index in [1.54, 1.807) is 0 Å². The SMILES string of the molecule is Cn1c2ccccc2c2cc(-c3cccc4ccccc34)c3ccccc3c21. The normalized spacial score (nSPS) is 11.8. The molecule has 1 aromatic heterocycles. The number of aryl methyl sites for hydroxylation is 1. The molecule has 0 N–H and O–H groups in total. The first-order valence-electron chi connectivity index (χ1n) is 9.70. The molecule has 132 valence electrons. The summed E-state index contributed by atoms with van der Waals surface area (Å²) in [4.78, 5) is 0. The number of rotatable bonds is 1. The summed E-state index contributed by atoms with van der Waals surface area (Å²) in [7, 11) is 2.18. The Balaban J connectivity index is 1.86. The van der Waals surface area contributed by atoms with Crippen LogP contribution in [-0.2, 0) is 7.05 Å². The molecule has 0 aliphatic rings. The summed E-state index contributed by atoms with van der Waals surface area (Å²) < 4.78 is 2.33. The molecule has 0 fully saturated rings. The molecule has 28 heavy (non-hydrogen) atoms. The van der Waals surface area contributed by atoms with Crippen molar-refractivity contribution < 1.29 is 0 Å². The highest BCUT2D eigenvalue weighted by Gasteiger charge is 2.15. The van der Waals surface area contributed by atoms with Gasteiger partial charge in [0.15, 0.2) is 0 Å². The molecule has 1 nitrogen and oxygen atoms in total. The number of nitrogens with zero attached hydrogens (tertiary/aromatic N) is 1. The molecule has 0 aliphatic heterocycles. The average molecular weight is 357 g/mol. The molecular formula is C27H19N. The third-order valence-corrected chi connectivity index (χ3v) is 5.99. The monoisotopic (exact) mass is 357 g/mol. The molecule has 0 saturated heterocycles. The van der Waals surface area contributed by atoms with E-state index >= 15 is 0 Å². The second-order valence-corrected chi connectivity index (χ2v) is 7.47. The maximum absolute atomic E-state index is 2.39. The molecule has 0 spiro atoms. The van der Waals surface area contributed by atoms with Crippen molar-refractivity contribution in [3.8, 4) is 11.1 Å². The van der Waals surface area contributed by atoms with Crippen LogP contribution in [0, 0.1) is 0 Å². The number of fused-ring (bicyclic) bond motifs is 6. The van der Waals surface area contributed by atoms with Gasteiger partial charge < -0.3 is 4.57 Å². The fourth-order valence-corrected chi connectivity index (χ4v) is 4.72. The van der Waals surface area contributed by atoms with Crippen molar-refractivity contribution in [2.24, 2.45) is 7.05 Å². The maximum atomic E-state index is 2.39. The van der Waals surface area contributed by atoms with E-state index in [2.05, 4.69) is 109 Å². The van der Waals surface area contributed by atoms with Crippen molar-refractivity contribution in [2.75, 3.05) is 0 Å². The fourth-order valence-electron chi connectivity index (χ4n) is 4.72. The van der Waals surface area contributed by atoms with Gasteiger partial charge in [-0.2, -0.15) is 0 Å². The number of hydrogen-bond donors (Lipinski definition) is 0. The lowest BCUT2D eigenvalue weighted by atomic mass is 9.92. The Morgan fingerprint density at radius 2 is 1.14 bits per heavy atom. The molecule has 1 heteroatoms. The molecular weight excluding hydrogens is 338 g/mol. The van der Waals surface area contributed by atoms with Crippen LogP contribution in [0.5, 0.6) is 0 Å². The first-order chi connectivity index (χ1) is 13.8. The highest BCUT2D eigenvalue weighted by molar-refractivity contribution is 6.22. The zero-order valence-electron chi connectivity index (χ0n) is 15.7. The van der Waals surface area contributed by atoms with Gasteiger partial charge in [-0.1, -0.05) is 84.9 Å². The first kappa shape index (κ1) is 15.5. The van der Waals surface area contributed by atoms with E-state index in [1.165, 1.54) is 54.5 Å². The molecule has 0 aliphatic carbocycles. The molecule has 0 atom stereocenters. The van der Waals surface area contributed by atoms with E-state index in [0.717, 1.165) is 0 Å². The van der Waals surface area contributed by atoms with E-state index in [1.807, 2.05) is 0 Å². The fraction of sp³-hybridized carbons (Fsp3) is 0.0370. The minimum Gasteiger partial charge on any atom is -0.343 e. The van der Waals surface area contributed by atoms with E-state index in [-0.39, 0.29) is 0 Å². The van der Waals surface area contributed by atoms with Crippen LogP contribution < -0.4 is 0 Å². The van der Waals surface area contributed by atoms with Gasteiger partial charge in [-0.3, -0.25) is 0 Å². The largest absolute Gasteiger partial charge is 0.343 e. The summed E-state index contributed by atoms with van der Waals surface area (Å²) >= 11 is 0. The van der Waals surface area contributed by atoms with Gasteiger partial charge in [0.2, 0.25) is 0 Å². The van der Waals surface area contributed by atoms with Crippen molar-refractivity contribution in [3.05, 3.63) is 97.1 Å². The number of benzene rings is 5. The zero-order valence-corrected chi connectivity index (χ0v) is 15.7. The second kappa shape index (κ2) is 5.71. The van der Waals surface area contributed by atoms with Crippen molar-refractivity contribution in [1.82, 2.24) is 4.57 Å². The van der Waals surface area contributed by atoms with E-state index in [4.69, 9.17) is 0 Å². The maximum Gasteiger partial charge on any atom is 0.0568 e. The van der Waals surface area contributed by atoms with Crippen LogP contribution in [0.3, 0.4) is 0 Å². The summed E-state index contributed by atoms with van der Waals surface area (Å²) in [5.41, 5.74) is 5.18. The molecule has 0 saturated carbocycles. The minimum absolute atomic E-state index is 1.28. The van der Waals surface area contributed by atoms with Crippen LogP contribution in [0.4, 0.5) is 0 Å². The Bertz CT molecular complexity index is 1510. The Morgan fingerprint density at radius 3 is 2.00 bits per heavy atom. The van der Waals surface area contributed by atoms with Crippen LogP contribution >= 0.6 is 0 Å². The number of aromatic nitrogens is 1. The first-order valence-corrected chi connectivity index (χ1v) is 9.70. The van der Waals surface area contributed by atoms with Crippen LogP contribution in [-0.4, -0.2) is 4.57 Å². The Morgan fingerprint density at radius 1 is 0.500 bits per heavy atom. The molecule has 0 unspecified atom stereocenters. The number of para-hydroxylation sites is 1. The Hall–Kier alpha value is -3.58. The molecule has 5 aromatic carbocycles. The summed E-state index contributed by atoms with van der Waals surface area (Å²) in [6, 6.07) is 35.2. The summed E-state index contributed by atoms with van der Waals surface area (Å²) in [5.74, 6) is 0. The van der Waals surface area contributed by atoms with Crippen molar-refractivity contribution in [1.29, 1.82) is 0 Å². The third kappa shape index (κ3) is 2.02. The van der Waals surface area contributed by atoms with Crippen LogP contribution in [0.1, 0.15) is 0 Å². The van der Waals surface area contributed by atoms with Crippen molar-refractivity contribution >= 4 is 43.4 Å². The average Bonchev–Trinajstić information content (AvgIpc) is 3.05. The lowest BCUT2D eigenvalue weighted by Crippen LogP contribution is -1.90. The predicted octanol–water partition coefficient (Wildman–Crippen LogP) is 7.30. The lowest BCUT2D eigenvalue weighted by Gasteiger charge is -2.12. The highest BCUT2D eigenvalue weighted by Crippen LogP contribution is 2.41. The standard InChI is InChI=1S/C27H19N/c1-28-26-16-7-6-13-22(26)25-17-24(21-12-4-5-14-23(21)27(25)28)20-15-8-10-18-9-2-3-11-19(18)20/h2-17H,1H3. The van der Waals surface area contributed by atoms with Gasteiger partial charge in [0, 0.05) is 28.7 Å². The summed E-state index contributed by atoms with van der Waals surface area (Å²) in [6.07, 6.45) is 0. The quantitative estimate of drug-likeness (QED) is 0.291. The molecule has 1 heterocycles. The van der Waals surface area contributed by atoms with Crippen LogP contribution in [0.15, 0.2) is 97.1 Å². The molecule has 6 rings (SSSR count). The van der Waals surface area contributed by atoms with E-state index in [9.17, 15) is 0 Å². The van der Waals surface area contributed by atoms with Crippen molar-refractivity contribution in [3.63, 3.8) is 0 Å². The van der Waals surface area contributed by atoms with Crippen LogP contribution in [0.2, 0.25) is 0 Å². The van der Waals surface area contributed by atoms with Gasteiger partial charge >= 0.3 is 0 Å². The Labute approximate surface area is 163 Å². The van der Waals surface area contributed by atoms with Gasteiger partial charge in [0.25, 0.3) is 0 Å². The van der Waals surface area contributed by atoms with Gasteiger partial charge in [-0.05, 0) is 39.4 Å².